The van der Waals surface area contributed by atoms with E-state index in [0.29, 0.717) is 5.69 Å². The number of amides is 4. The fourth-order valence-corrected chi connectivity index (χ4v) is 2.46. The molecule has 0 aliphatic carbocycles. The number of anilines is 1. The molecule has 0 aromatic heterocycles. The van der Waals surface area contributed by atoms with E-state index in [2.05, 4.69) is 5.32 Å². The molecule has 1 saturated heterocycles. The number of likely N-dealkylation sites (N-methyl/N-ethyl adjacent to an activating group) is 1. The van der Waals surface area contributed by atoms with Crippen molar-refractivity contribution in [3.63, 3.8) is 0 Å². The summed E-state index contributed by atoms with van der Waals surface area (Å²) in [4.78, 5) is 49.9. The van der Waals surface area contributed by atoms with E-state index in [4.69, 9.17) is 5.26 Å². The van der Waals surface area contributed by atoms with Crippen molar-refractivity contribution in [3.8, 4) is 6.07 Å². The third kappa shape index (κ3) is 4.41. The lowest BCUT2D eigenvalue weighted by molar-refractivity contribution is -0.130. The molecule has 25 heavy (non-hydrogen) atoms. The Morgan fingerprint density at radius 1 is 1.28 bits per heavy atom. The molecule has 1 aromatic carbocycles. The Morgan fingerprint density at radius 3 is 2.52 bits per heavy atom. The van der Waals surface area contributed by atoms with Gasteiger partial charge in [0.1, 0.15) is 6.54 Å². The molecular weight excluding hydrogens is 324 g/mol. The SMILES string of the molecule is CN1CC(=O)N(CCCC(=O)[C@H](C#N)C(=O)Nc2ccccc2)C1=O. The summed E-state index contributed by atoms with van der Waals surface area (Å²) in [5, 5.41) is 11.6. The van der Waals surface area contributed by atoms with Crippen molar-refractivity contribution in [3.05, 3.63) is 30.3 Å². The highest BCUT2D eigenvalue weighted by Gasteiger charge is 2.33. The van der Waals surface area contributed by atoms with Gasteiger partial charge in [0.25, 0.3) is 0 Å². The third-order valence-electron chi connectivity index (χ3n) is 3.79. The molecule has 130 valence electrons. The number of hydrogen-bond acceptors (Lipinski definition) is 5. The number of hydrogen-bond donors (Lipinski definition) is 1. The average molecular weight is 342 g/mol. The van der Waals surface area contributed by atoms with Crippen LogP contribution < -0.4 is 5.32 Å². The van der Waals surface area contributed by atoms with Crippen molar-refractivity contribution in [2.75, 3.05) is 25.5 Å². The Kier molecular flexibility index (Phi) is 5.84. The van der Waals surface area contributed by atoms with Crippen LogP contribution in [0.25, 0.3) is 0 Å². The van der Waals surface area contributed by atoms with Gasteiger partial charge >= 0.3 is 6.03 Å². The number of Topliss-reactive ketones (excluding diaryl/α,β-unsaturated/α-hetero) is 1. The Morgan fingerprint density at radius 2 is 1.96 bits per heavy atom. The lowest BCUT2D eigenvalue weighted by atomic mass is 10.0. The topological polar surface area (TPSA) is 111 Å². The number of carbonyl (C=O) groups is 4. The first kappa shape index (κ1) is 18.1. The van der Waals surface area contributed by atoms with Gasteiger partial charge in [-0.05, 0) is 18.6 Å². The summed E-state index contributed by atoms with van der Waals surface area (Å²) in [5.74, 6) is -2.97. The third-order valence-corrected chi connectivity index (χ3v) is 3.79. The average Bonchev–Trinajstić information content (AvgIpc) is 2.82. The number of para-hydroxylation sites is 1. The van der Waals surface area contributed by atoms with Crippen molar-refractivity contribution in [1.82, 2.24) is 9.80 Å². The van der Waals surface area contributed by atoms with Crippen LogP contribution in [0.4, 0.5) is 10.5 Å². The molecule has 0 spiro atoms. The standard InChI is InChI=1S/C17H18N4O4/c1-20-11-15(23)21(17(20)25)9-5-8-14(22)13(10-18)16(24)19-12-6-3-2-4-7-12/h2-4,6-7,13H,5,8-9,11H2,1H3,(H,19,24)/t13-/m0/s1. The molecule has 1 aliphatic heterocycles. The number of ketones is 1. The summed E-state index contributed by atoms with van der Waals surface area (Å²) in [6, 6.07) is 9.83. The predicted molar refractivity (Wildman–Crippen MR) is 88.2 cm³/mol. The van der Waals surface area contributed by atoms with Gasteiger partial charge in [-0.1, -0.05) is 18.2 Å². The molecule has 1 N–H and O–H groups in total. The molecule has 0 bridgehead atoms. The Bertz CT molecular complexity index is 726. The Labute approximate surface area is 145 Å². The van der Waals surface area contributed by atoms with Gasteiger partial charge in [0.05, 0.1) is 6.07 Å². The molecule has 4 amide bonds. The second-order valence-electron chi connectivity index (χ2n) is 5.67. The van der Waals surface area contributed by atoms with Gasteiger partial charge in [0.2, 0.25) is 11.8 Å². The smallest absolute Gasteiger partial charge is 0.325 e. The predicted octanol–water partition coefficient (Wildman–Crippen LogP) is 1.01. The van der Waals surface area contributed by atoms with Crippen molar-refractivity contribution < 1.29 is 19.2 Å². The maximum atomic E-state index is 12.1. The number of nitrogens with one attached hydrogen (secondary N) is 1. The molecule has 0 saturated carbocycles. The highest BCUT2D eigenvalue weighted by molar-refractivity contribution is 6.09. The number of urea groups is 1. The van der Waals surface area contributed by atoms with Crippen molar-refractivity contribution in [2.24, 2.45) is 5.92 Å². The van der Waals surface area contributed by atoms with E-state index in [-0.39, 0.29) is 31.8 Å². The number of nitriles is 1. The zero-order chi connectivity index (χ0) is 18.4. The minimum absolute atomic E-state index is 0.0209. The number of nitrogens with zero attached hydrogens (tertiary/aromatic N) is 3. The maximum Gasteiger partial charge on any atom is 0.326 e. The van der Waals surface area contributed by atoms with E-state index >= 15 is 0 Å². The molecule has 8 nitrogen and oxygen atoms in total. The lowest BCUT2D eigenvalue weighted by Crippen LogP contribution is -2.33. The van der Waals surface area contributed by atoms with Crippen LogP contribution in [-0.2, 0) is 14.4 Å². The Hall–Kier alpha value is -3.21. The lowest BCUT2D eigenvalue weighted by Gasteiger charge is -2.14. The second-order valence-corrected chi connectivity index (χ2v) is 5.67. The molecule has 1 heterocycles. The summed E-state index contributed by atoms with van der Waals surface area (Å²) in [6.45, 7) is 0.110. The van der Waals surface area contributed by atoms with Crippen LogP contribution in [0.1, 0.15) is 12.8 Å². The van der Waals surface area contributed by atoms with Crippen LogP contribution in [0.2, 0.25) is 0 Å². The summed E-state index contributed by atoms with van der Waals surface area (Å²) < 4.78 is 0. The summed E-state index contributed by atoms with van der Waals surface area (Å²) >= 11 is 0. The fourth-order valence-electron chi connectivity index (χ4n) is 2.46. The fraction of sp³-hybridized carbons (Fsp3) is 0.353. The van der Waals surface area contributed by atoms with Gasteiger partial charge in [0, 0.05) is 25.7 Å². The number of rotatable bonds is 7. The summed E-state index contributed by atoms with van der Waals surface area (Å²) in [5.41, 5.74) is 0.497. The van der Waals surface area contributed by atoms with Crippen LogP contribution in [0, 0.1) is 17.2 Å². The van der Waals surface area contributed by atoms with Crippen LogP contribution in [-0.4, -0.2) is 53.6 Å². The van der Waals surface area contributed by atoms with Crippen LogP contribution >= 0.6 is 0 Å². The molecular formula is C17H18N4O4. The van der Waals surface area contributed by atoms with Gasteiger partial charge in [-0.25, -0.2) is 4.79 Å². The first-order valence-corrected chi connectivity index (χ1v) is 7.77. The highest BCUT2D eigenvalue weighted by Crippen LogP contribution is 2.13. The molecule has 1 atom stereocenters. The van der Waals surface area contributed by atoms with E-state index in [9.17, 15) is 19.2 Å². The van der Waals surface area contributed by atoms with Gasteiger partial charge in [-0.15, -0.1) is 0 Å². The van der Waals surface area contributed by atoms with Crippen molar-refractivity contribution >= 4 is 29.3 Å². The maximum absolute atomic E-state index is 12.1. The van der Waals surface area contributed by atoms with Crippen LogP contribution in [0.15, 0.2) is 30.3 Å². The molecule has 0 unspecified atom stereocenters. The molecule has 0 radical (unpaired) electrons. The van der Waals surface area contributed by atoms with Gasteiger partial charge in [-0.2, -0.15) is 5.26 Å². The van der Waals surface area contributed by atoms with Crippen LogP contribution in [0.5, 0.6) is 0 Å². The summed E-state index contributed by atoms with van der Waals surface area (Å²) in [6.07, 6.45) is 0.141. The molecule has 1 aliphatic rings. The minimum Gasteiger partial charge on any atom is -0.325 e. The molecule has 8 heteroatoms. The Balaban J connectivity index is 1.86. The molecule has 1 fully saturated rings. The summed E-state index contributed by atoms with van der Waals surface area (Å²) in [7, 11) is 1.52. The quantitative estimate of drug-likeness (QED) is 0.587. The minimum atomic E-state index is -1.42. The van der Waals surface area contributed by atoms with Gasteiger partial charge in [0.15, 0.2) is 11.7 Å². The normalized spacial score (nSPS) is 15.0. The van der Waals surface area contributed by atoms with Crippen molar-refractivity contribution in [1.29, 1.82) is 5.26 Å². The van der Waals surface area contributed by atoms with E-state index < -0.39 is 23.6 Å². The van der Waals surface area contributed by atoms with E-state index in [1.165, 1.54) is 11.9 Å². The number of carbonyl (C=O) groups excluding carboxylic acids is 4. The highest BCUT2D eigenvalue weighted by atomic mass is 16.2. The van der Waals surface area contributed by atoms with Crippen molar-refractivity contribution in [2.45, 2.75) is 12.8 Å². The molecule has 2 rings (SSSR count). The first-order chi connectivity index (χ1) is 11.9. The van der Waals surface area contributed by atoms with E-state index in [1.54, 1.807) is 36.4 Å². The van der Waals surface area contributed by atoms with Gasteiger partial charge < -0.3 is 10.2 Å². The second kappa shape index (κ2) is 8.06. The van der Waals surface area contributed by atoms with E-state index in [1.807, 2.05) is 0 Å². The monoisotopic (exact) mass is 342 g/mol. The number of benzene rings is 1. The largest absolute Gasteiger partial charge is 0.326 e. The zero-order valence-corrected chi connectivity index (χ0v) is 13.8. The number of imide groups is 1. The molecule has 1 aromatic rings. The zero-order valence-electron chi connectivity index (χ0n) is 13.8. The first-order valence-electron chi connectivity index (χ1n) is 7.77. The van der Waals surface area contributed by atoms with Gasteiger partial charge in [-0.3, -0.25) is 19.3 Å². The van der Waals surface area contributed by atoms with E-state index in [0.717, 1.165) is 4.90 Å². The van der Waals surface area contributed by atoms with Crippen LogP contribution in [0.3, 0.4) is 0 Å².